The Morgan fingerprint density at radius 1 is 1.10 bits per heavy atom. The summed E-state index contributed by atoms with van der Waals surface area (Å²) in [5.74, 6) is 2.53. The quantitative estimate of drug-likeness (QED) is 0.596. The Morgan fingerprint density at radius 2 is 1.76 bits per heavy atom. The van der Waals surface area contributed by atoms with Gasteiger partial charge in [-0.15, -0.1) is 0 Å². The van der Waals surface area contributed by atoms with Crippen LogP contribution in [0.4, 0.5) is 0 Å². The summed E-state index contributed by atoms with van der Waals surface area (Å²) in [7, 11) is 0. The summed E-state index contributed by atoms with van der Waals surface area (Å²) >= 11 is 0. The van der Waals surface area contributed by atoms with Crippen LogP contribution < -0.4 is 0 Å². The highest BCUT2D eigenvalue weighted by atomic mass is 15.0. The van der Waals surface area contributed by atoms with E-state index < -0.39 is 0 Å². The Kier molecular flexibility index (Phi) is 6.96. The highest BCUT2D eigenvalue weighted by Crippen LogP contribution is 2.31. The molecule has 1 rings (SSSR count). The van der Waals surface area contributed by atoms with Crippen molar-refractivity contribution >= 4 is 0 Å². The summed E-state index contributed by atoms with van der Waals surface area (Å²) in [6, 6.07) is 0. The molecule has 0 fully saturated rings. The number of nitrogens with zero attached hydrogens (tertiary/aromatic N) is 1. The van der Waals surface area contributed by atoms with Crippen LogP contribution in [0.25, 0.3) is 0 Å². The smallest absolute Gasteiger partial charge is 0.109 e. The van der Waals surface area contributed by atoms with Gasteiger partial charge in [0.05, 0.1) is 5.69 Å². The molecule has 21 heavy (non-hydrogen) atoms. The Bertz CT molecular complexity index is 415. The van der Waals surface area contributed by atoms with E-state index in [1.165, 1.54) is 42.9 Å². The number of hydrogen-bond donors (Lipinski definition) is 1. The maximum atomic E-state index is 5.01. The molecular weight excluding hydrogens is 256 g/mol. The molecule has 0 saturated heterocycles. The Balaban J connectivity index is 2.96. The third-order valence-electron chi connectivity index (χ3n) is 4.72. The second kappa shape index (κ2) is 8.00. The van der Waals surface area contributed by atoms with Crippen LogP contribution in [0.3, 0.4) is 0 Å². The zero-order valence-electron chi connectivity index (χ0n) is 15.3. The summed E-state index contributed by atoms with van der Waals surface area (Å²) in [6.07, 6.45) is 7.26. The molecule has 2 heteroatoms. The minimum Gasteiger partial charge on any atom is -0.345 e. The molecule has 0 aliphatic carbocycles. The van der Waals surface area contributed by atoms with Crippen molar-refractivity contribution in [1.29, 1.82) is 0 Å². The van der Waals surface area contributed by atoms with E-state index in [0.29, 0.717) is 5.92 Å². The van der Waals surface area contributed by atoms with Gasteiger partial charge in [-0.3, -0.25) is 0 Å². The van der Waals surface area contributed by atoms with Crippen LogP contribution in [-0.2, 0) is 11.8 Å². The molecule has 1 aromatic heterocycles. The van der Waals surface area contributed by atoms with E-state index in [4.69, 9.17) is 4.98 Å². The van der Waals surface area contributed by atoms with Crippen LogP contribution in [0.2, 0.25) is 0 Å². The first-order valence-corrected chi connectivity index (χ1v) is 8.91. The lowest BCUT2D eigenvalue weighted by Gasteiger charge is -2.22. The molecule has 0 aliphatic rings. The number of nitrogens with one attached hydrogen (secondary N) is 1. The van der Waals surface area contributed by atoms with Gasteiger partial charge in [0.2, 0.25) is 0 Å². The number of H-pyrrole nitrogens is 1. The molecule has 0 saturated carbocycles. The summed E-state index contributed by atoms with van der Waals surface area (Å²) < 4.78 is 0. The van der Waals surface area contributed by atoms with Gasteiger partial charge >= 0.3 is 0 Å². The SMILES string of the molecule is CCCC(C)c1nc(C(C)(C)CC)c(CCCC(C)C)[nH]1. The van der Waals surface area contributed by atoms with Crippen LogP contribution in [0.5, 0.6) is 0 Å². The molecule has 0 radical (unpaired) electrons. The fraction of sp³-hybridized carbons (Fsp3) is 0.842. The lowest BCUT2D eigenvalue weighted by molar-refractivity contribution is 0.481. The number of hydrogen-bond acceptors (Lipinski definition) is 1. The van der Waals surface area contributed by atoms with E-state index in [-0.39, 0.29) is 5.41 Å². The fourth-order valence-corrected chi connectivity index (χ4v) is 2.83. The summed E-state index contributed by atoms with van der Waals surface area (Å²) in [5, 5.41) is 0. The van der Waals surface area contributed by atoms with Crippen molar-refractivity contribution < 1.29 is 0 Å². The highest BCUT2D eigenvalue weighted by molar-refractivity contribution is 5.24. The maximum Gasteiger partial charge on any atom is 0.109 e. The second-order valence-electron chi connectivity index (χ2n) is 7.66. The van der Waals surface area contributed by atoms with Crippen molar-refractivity contribution in [3.05, 3.63) is 17.2 Å². The van der Waals surface area contributed by atoms with E-state index in [9.17, 15) is 0 Å². The molecular formula is C19H36N2. The zero-order chi connectivity index (χ0) is 16.0. The van der Waals surface area contributed by atoms with Gasteiger partial charge in [-0.05, 0) is 31.6 Å². The van der Waals surface area contributed by atoms with Crippen molar-refractivity contribution in [2.24, 2.45) is 5.92 Å². The molecule has 122 valence electrons. The van der Waals surface area contributed by atoms with Crippen molar-refractivity contribution in [1.82, 2.24) is 9.97 Å². The topological polar surface area (TPSA) is 28.7 Å². The average molecular weight is 293 g/mol. The summed E-state index contributed by atoms with van der Waals surface area (Å²) in [5.41, 5.74) is 2.88. The van der Waals surface area contributed by atoms with E-state index in [1.54, 1.807) is 0 Å². The van der Waals surface area contributed by atoms with Gasteiger partial charge in [-0.2, -0.15) is 0 Å². The van der Waals surface area contributed by atoms with Crippen LogP contribution in [0.15, 0.2) is 0 Å². The molecule has 0 bridgehead atoms. The Labute approximate surface area is 132 Å². The van der Waals surface area contributed by atoms with Gasteiger partial charge < -0.3 is 4.98 Å². The standard InChI is InChI=1S/C19H36N2/c1-8-11-15(5)18-20-16(13-10-12-14(3)4)17(21-18)19(6,7)9-2/h14-15H,8-13H2,1-7H3,(H,20,21). The largest absolute Gasteiger partial charge is 0.345 e. The first kappa shape index (κ1) is 18.3. The zero-order valence-corrected chi connectivity index (χ0v) is 15.3. The van der Waals surface area contributed by atoms with Gasteiger partial charge in [-0.1, -0.05) is 61.3 Å². The summed E-state index contributed by atoms with van der Waals surface area (Å²) in [6.45, 7) is 16.1. The second-order valence-corrected chi connectivity index (χ2v) is 7.66. The van der Waals surface area contributed by atoms with Crippen LogP contribution >= 0.6 is 0 Å². The van der Waals surface area contributed by atoms with Gasteiger partial charge in [-0.25, -0.2) is 4.98 Å². The minimum atomic E-state index is 0.174. The number of aromatic nitrogens is 2. The van der Waals surface area contributed by atoms with Crippen LogP contribution in [0, 0.1) is 5.92 Å². The van der Waals surface area contributed by atoms with Gasteiger partial charge in [0.1, 0.15) is 5.82 Å². The molecule has 1 heterocycles. The summed E-state index contributed by atoms with van der Waals surface area (Å²) in [4.78, 5) is 8.68. The van der Waals surface area contributed by atoms with Crippen molar-refractivity contribution in [2.45, 2.75) is 98.3 Å². The van der Waals surface area contributed by atoms with Gasteiger partial charge in [0.25, 0.3) is 0 Å². The predicted molar refractivity (Wildman–Crippen MR) is 93.0 cm³/mol. The molecule has 0 aromatic carbocycles. The number of aryl methyl sites for hydroxylation is 1. The van der Waals surface area contributed by atoms with E-state index >= 15 is 0 Å². The number of rotatable bonds is 9. The fourth-order valence-electron chi connectivity index (χ4n) is 2.83. The Morgan fingerprint density at radius 3 is 2.29 bits per heavy atom. The van der Waals surface area contributed by atoms with Gasteiger partial charge in [0.15, 0.2) is 0 Å². The van der Waals surface area contributed by atoms with Crippen molar-refractivity contribution in [3.8, 4) is 0 Å². The lowest BCUT2D eigenvalue weighted by atomic mass is 9.84. The minimum absolute atomic E-state index is 0.174. The average Bonchev–Trinajstić information content (AvgIpc) is 2.83. The molecule has 0 amide bonds. The monoisotopic (exact) mass is 292 g/mol. The normalized spacial score (nSPS) is 13.9. The molecule has 2 nitrogen and oxygen atoms in total. The first-order valence-electron chi connectivity index (χ1n) is 8.91. The Hall–Kier alpha value is -0.790. The molecule has 0 spiro atoms. The first-order chi connectivity index (χ1) is 9.81. The molecule has 1 atom stereocenters. The predicted octanol–water partition coefficient (Wildman–Crippen LogP) is 5.98. The lowest BCUT2D eigenvalue weighted by Crippen LogP contribution is -2.18. The van der Waals surface area contributed by atoms with Crippen LogP contribution in [0.1, 0.15) is 104 Å². The van der Waals surface area contributed by atoms with E-state index in [1.807, 2.05) is 0 Å². The maximum absolute atomic E-state index is 5.01. The van der Waals surface area contributed by atoms with E-state index in [0.717, 1.165) is 18.8 Å². The van der Waals surface area contributed by atoms with Crippen molar-refractivity contribution in [2.75, 3.05) is 0 Å². The highest BCUT2D eigenvalue weighted by Gasteiger charge is 2.26. The number of aromatic amines is 1. The molecule has 1 N–H and O–H groups in total. The third-order valence-corrected chi connectivity index (χ3v) is 4.72. The van der Waals surface area contributed by atoms with E-state index in [2.05, 4.69) is 53.5 Å². The molecule has 1 unspecified atom stereocenters. The van der Waals surface area contributed by atoms with Crippen LogP contribution in [-0.4, -0.2) is 9.97 Å². The van der Waals surface area contributed by atoms with Gasteiger partial charge in [0, 0.05) is 17.0 Å². The van der Waals surface area contributed by atoms with Crippen molar-refractivity contribution in [3.63, 3.8) is 0 Å². The number of imidazole rings is 1. The molecule has 0 aliphatic heterocycles. The molecule has 1 aromatic rings. The third kappa shape index (κ3) is 5.16.